The molecule has 0 bridgehead atoms. The number of nitrogens with zero attached hydrogens (tertiary/aromatic N) is 4. The summed E-state index contributed by atoms with van der Waals surface area (Å²) in [7, 11) is 4.15. The van der Waals surface area contributed by atoms with Gasteiger partial charge in [-0.2, -0.15) is 5.10 Å². The highest BCUT2D eigenvalue weighted by molar-refractivity contribution is 7.17. The Kier molecular flexibility index (Phi) is 4.31. The number of thiophene rings is 1. The predicted molar refractivity (Wildman–Crippen MR) is 101 cm³/mol. The standard InChI is InChI=1S/C19H22N4OS/c1-21(2)10-8-15-12-22(11-14-7-9-20-23(14)15)19(24)17-13-25-18-6-4-3-5-16(17)18/h3-7,9,13,15H,8,10-12H2,1-2H3. The Morgan fingerprint density at radius 3 is 3.00 bits per heavy atom. The first kappa shape index (κ1) is 16.3. The van der Waals surface area contributed by atoms with E-state index in [0.717, 1.165) is 34.3 Å². The number of amides is 1. The summed E-state index contributed by atoms with van der Waals surface area (Å²) in [4.78, 5) is 17.3. The van der Waals surface area contributed by atoms with Crippen molar-refractivity contribution in [2.24, 2.45) is 0 Å². The van der Waals surface area contributed by atoms with Crippen molar-refractivity contribution in [1.82, 2.24) is 19.6 Å². The van der Waals surface area contributed by atoms with Crippen molar-refractivity contribution in [1.29, 1.82) is 0 Å². The van der Waals surface area contributed by atoms with Gasteiger partial charge >= 0.3 is 0 Å². The molecule has 0 aliphatic carbocycles. The monoisotopic (exact) mass is 354 g/mol. The molecule has 1 aliphatic heterocycles. The molecule has 3 heterocycles. The fourth-order valence-electron chi connectivity index (χ4n) is 3.48. The molecule has 1 amide bonds. The third-order valence-corrected chi connectivity index (χ3v) is 5.75. The average molecular weight is 354 g/mol. The van der Waals surface area contributed by atoms with Crippen LogP contribution in [0.4, 0.5) is 0 Å². The zero-order valence-electron chi connectivity index (χ0n) is 14.6. The molecule has 1 aromatic carbocycles. The van der Waals surface area contributed by atoms with Crippen LogP contribution in [0.15, 0.2) is 41.9 Å². The molecule has 25 heavy (non-hydrogen) atoms. The molecule has 1 atom stereocenters. The molecule has 0 fully saturated rings. The molecule has 3 aromatic rings. The molecule has 5 nitrogen and oxygen atoms in total. The summed E-state index contributed by atoms with van der Waals surface area (Å²) in [5.41, 5.74) is 1.93. The second-order valence-corrected chi connectivity index (χ2v) is 7.76. The van der Waals surface area contributed by atoms with E-state index < -0.39 is 0 Å². The van der Waals surface area contributed by atoms with Crippen molar-refractivity contribution in [2.75, 3.05) is 27.2 Å². The minimum Gasteiger partial charge on any atom is -0.331 e. The Balaban J connectivity index is 1.61. The van der Waals surface area contributed by atoms with E-state index >= 15 is 0 Å². The van der Waals surface area contributed by atoms with E-state index in [1.165, 1.54) is 0 Å². The lowest BCUT2D eigenvalue weighted by Gasteiger charge is -2.34. The van der Waals surface area contributed by atoms with E-state index in [1.807, 2.05) is 40.7 Å². The van der Waals surface area contributed by atoms with Gasteiger partial charge in [-0.05, 0) is 39.2 Å². The lowest BCUT2D eigenvalue weighted by molar-refractivity contribution is 0.0662. The van der Waals surface area contributed by atoms with E-state index in [4.69, 9.17) is 0 Å². The summed E-state index contributed by atoms with van der Waals surface area (Å²) in [6.45, 7) is 2.32. The van der Waals surface area contributed by atoms with E-state index in [2.05, 4.69) is 34.8 Å². The van der Waals surface area contributed by atoms with Gasteiger partial charge in [0.1, 0.15) is 0 Å². The topological polar surface area (TPSA) is 41.4 Å². The lowest BCUT2D eigenvalue weighted by Crippen LogP contribution is -2.42. The predicted octanol–water partition coefficient (Wildman–Crippen LogP) is 3.25. The smallest absolute Gasteiger partial charge is 0.255 e. The molecule has 6 heteroatoms. The normalized spacial score (nSPS) is 17.2. The summed E-state index contributed by atoms with van der Waals surface area (Å²) < 4.78 is 3.26. The summed E-state index contributed by atoms with van der Waals surface area (Å²) in [5, 5.41) is 7.54. The van der Waals surface area contributed by atoms with Gasteiger partial charge in [-0.1, -0.05) is 18.2 Å². The first-order valence-corrected chi connectivity index (χ1v) is 9.44. The maximum Gasteiger partial charge on any atom is 0.255 e. The molecule has 0 saturated heterocycles. The van der Waals surface area contributed by atoms with Gasteiger partial charge in [0, 0.05) is 28.2 Å². The molecule has 0 saturated carbocycles. The van der Waals surface area contributed by atoms with Gasteiger partial charge in [0.05, 0.1) is 23.8 Å². The molecule has 0 radical (unpaired) electrons. The zero-order valence-corrected chi connectivity index (χ0v) is 15.4. The largest absolute Gasteiger partial charge is 0.331 e. The van der Waals surface area contributed by atoms with Crippen LogP contribution < -0.4 is 0 Å². The van der Waals surface area contributed by atoms with E-state index in [1.54, 1.807) is 11.3 Å². The first-order chi connectivity index (χ1) is 12.1. The van der Waals surface area contributed by atoms with Gasteiger partial charge < -0.3 is 9.80 Å². The van der Waals surface area contributed by atoms with Crippen molar-refractivity contribution in [3.05, 3.63) is 53.2 Å². The fourth-order valence-corrected chi connectivity index (χ4v) is 4.41. The summed E-state index contributed by atoms with van der Waals surface area (Å²) >= 11 is 1.64. The van der Waals surface area contributed by atoms with Crippen LogP contribution in [0.3, 0.4) is 0 Å². The van der Waals surface area contributed by atoms with E-state index in [9.17, 15) is 4.79 Å². The quantitative estimate of drug-likeness (QED) is 0.722. The SMILES string of the molecule is CN(C)CCC1CN(C(=O)c2csc3ccccc23)Cc2ccnn21. The molecule has 4 rings (SSSR count). The van der Waals surface area contributed by atoms with Crippen LogP contribution in [0.1, 0.15) is 28.5 Å². The number of fused-ring (bicyclic) bond motifs is 2. The maximum atomic E-state index is 13.2. The molecule has 1 aliphatic rings. The fraction of sp³-hybridized carbons (Fsp3) is 0.368. The molecular weight excluding hydrogens is 332 g/mol. The van der Waals surface area contributed by atoms with Gasteiger partial charge in [-0.3, -0.25) is 9.48 Å². The Morgan fingerprint density at radius 2 is 2.16 bits per heavy atom. The molecule has 2 aromatic heterocycles. The van der Waals surface area contributed by atoms with Crippen LogP contribution in [0.2, 0.25) is 0 Å². The van der Waals surface area contributed by atoms with Crippen LogP contribution in [-0.2, 0) is 6.54 Å². The van der Waals surface area contributed by atoms with E-state index in [0.29, 0.717) is 13.1 Å². The molecule has 0 N–H and O–H groups in total. The highest BCUT2D eigenvalue weighted by Gasteiger charge is 2.29. The average Bonchev–Trinajstić information content (AvgIpc) is 3.25. The number of hydrogen-bond donors (Lipinski definition) is 0. The summed E-state index contributed by atoms with van der Waals surface area (Å²) in [6.07, 6.45) is 2.82. The van der Waals surface area contributed by atoms with Crippen molar-refractivity contribution >= 4 is 27.3 Å². The zero-order chi connectivity index (χ0) is 17.4. The summed E-state index contributed by atoms with van der Waals surface area (Å²) in [5.74, 6) is 0.125. The third kappa shape index (κ3) is 3.07. The minimum absolute atomic E-state index is 0.125. The van der Waals surface area contributed by atoms with Crippen molar-refractivity contribution < 1.29 is 4.79 Å². The molecule has 1 unspecified atom stereocenters. The number of carbonyl (C=O) groups is 1. The highest BCUT2D eigenvalue weighted by atomic mass is 32.1. The third-order valence-electron chi connectivity index (χ3n) is 4.79. The van der Waals surface area contributed by atoms with Crippen LogP contribution in [-0.4, -0.2) is 52.7 Å². The number of carbonyl (C=O) groups excluding carboxylic acids is 1. The Bertz CT molecular complexity index is 898. The van der Waals surface area contributed by atoms with Gasteiger partial charge in [0.15, 0.2) is 0 Å². The van der Waals surface area contributed by atoms with Crippen molar-refractivity contribution in [3.8, 4) is 0 Å². The Morgan fingerprint density at radius 1 is 1.32 bits per heavy atom. The molecule has 0 spiro atoms. The van der Waals surface area contributed by atoms with Crippen LogP contribution in [0.25, 0.3) is 10.1 Å². The van der Waals surface area contributed by atoms with Crippen molar-refractivity contribution in [2.45, 2.75) is 19.0 Å². The van der Waals surface area contributed by atoms with E-state index in [-0.39, 0.29) is 11.9 Å². The molecule has 130 valence electrons. The maximum absolute atomic E-state index is 13.2. The Hall–Kier alpha value is -2.18. The lowest BCUT2D eigenvalue weighted by atomic mass is 10.1. The number of aromatic nitrogens is 2. The van der Waals surface area contributed by atoms with Crippen molar-refractivity contribution in [3.63, 3.8) is 0 Å². The van der Waals surface area contributed by atoms with Gasteiger partial charge in [0.2, 0.25) is 0 Å². The number of rotatable bonds is 4. The second-order valence-electron chi connectivity index (χ2n) is 6.84. The number of benzene rings is 1. The van der Waals surface area contributed by atoms with Gasteiger partial charge in [-0.15, -0.1) is 11.3 Å². The summed E-state index contributed by atoms with van der Waals surface area (Å²) in [6, 6.07) is 10.4. The molecular formula is C19H22N4OS. The highest BCUT2D eigenvalue weighted by Crippen LogP contribution is 2.29. The van der Waals surface area contributed by atoms with Gasteiger partial charge in [0.25, 0.3) is 5.91 Å². The van der Waals surface area contributed by atoms with Crippen LogP contribution >= 0.6 is 11.3 Å². The van der Waals surface area contributed by atoms with Crippen LogP contribution in [0.5, 0.6) is 0 Å². The second kappa shape index (κ2) is 6.61. The van der Waals surface area contributed by atoms with Gasteiger partial charge in [-0.25, -0.2) is 0 Å². The Labute approximate surface area is 151 Å². The first-order valence-electron chi connectivity index (χ1n) is 8.56. The minimum atomic E-state index is 0.125. The van der Waals surface area contributed by atoms with Crippen LogP contribution in [0, 0.1) is 0 Å². The number of hydrogen-bond acceptors (Lipinski definition) is 4.